The third-order valence-corrected chi connectivity index (χ3v) is 1.58. The van der Waals surface area contributed by atoms with E-state index in [1.165, 1.54) is 12.1 Å². The van der Waals surface area contributed by atoms with Gasteiger partial charge in [-0.25, -0.2) is 0 Å². The molecular weight excluding hydrogens is 213 g/mol. The lowest BCUT2D eigenvalue weighted by Gasteiger charge is -1.93. The number of rotatable bonds is 1. The normalized spacial score (nSPS) is 8.92. The maximum Gasteiger partial charge on any atom is 0.134 e. The van der Waals surface area contributed by atoms with E-state index >= 15 is 0 Å². The quantitative estimate of drug-likeness (QED) is 0.679. The first kappa shape index (κ1) is 12.5. The summed E-state index contributed by atoms with van der Waals surface area (Å²) in [6, 6.07) is 4.51. The molecule has 0 saturated heterocycles. The average Bonchev–Trinajstić information content (AvgIpc) is 2.12. The third-order valence-electron chi connectivity index (χ3n) is 1.04. The second-order valence-electron chi connectivity index (χ2n) is 2.11. The Kier molecular flexibility index (Phi) is 6.72. The van der Waals surface area contributed by atoms with Crippen LogP contribution in [-0.2, 0) is 0 Å². The predicted molar refractivity (Wildman–Crippen MR) is 54.3 cm³/mol. The molecule has 0 fully saturated rings. The van der Waals surface area contributed by atoms with Crippen molar-refractivity contribution in [3.8, 4) is 5.75 Å². The molecular formula is C8H11Cl2NO2. The molecule has 0 aliphatic heterocycles. The summed E-state index contributed by atoms with van der Waals surface area (Å²) in [7, 11) is 0. The number of aliphatic hydroxyl groups is 1. The Balaban J connectivity index is 0.000000310. The topological polar surface area (TPSA) is 66.5 Å². The molecule has 0 radical (unpaired) electrons. The van der Waals surface area contributed by atoms with Crippen LogP contribution in [0, 0.1) is 0 Å². The van der Waals surface area contributed by atoms with Crippen molar-refractivity contribution < 1.29 is 10.2 Å². The molecule has 4 N–H and O–H groups in total. The van der Waals surface area contributed by atoms with Gasteiger partial charge in [0.1, 0.15) is 5.75 Å². The van der Waals surface area contributed by atoms with Gasteiger partial charge in [-0.15, -0.1) is 0 Å². The highest BCUT2D eigenvalue weighted by Gasteiger charge is 1.95. The molecule has 1 rings (SSSR count). The number of benzene rings is 1. The zero-order valence-corrected chi connectivity index (χ0v) is 8.39. The summed E-state index contributed by atoms with van der Waals surface area (Å²) in [6.07, 6.45) is 0. The molecule has 3 nitrogen and oxygen atoms in total. The van der Waals surface area contributed by atoms with E-state index in [0.717, 1.165) is 0 Å². The van der Waals surface area contributed by atoms with Gasteiger partial charge in [0.05, 0.1) is 11.6 Å². The standard InChI is InChI=1S/C6H4Cl2O.C2H7NO/c7-4-1-2-6(9)5(8)3-4;3-1-2-4/h1-3,9H;4H,1-3H2. The molecule has 0 aliphatic rings. The number of hydrogen-bond acceptors (Lipinski definition) is 3. The van der Waals surface area contributed by atoms with Crippen molar-refractivity contribution in [2.45, 2.75) is 0 Å². The Morgan fingerprint density at radius 3 is 2.15 bits per heavy atom. The number of nitrogens with two attached hydrogens (primary N) is 1. The lowest BCUT2D eigenvalue weighted by atomic mass is 10.3. The van der Waals surface area contributed by atoms with Crippen LogP contribution in [0.15, 0.2) is 18.2 Å². The highest BCUT2D eigenvalue weighted by Crippen LogP contribution is 2.25. The maximum absolute atomic E-state index is 8.85. The fraction of sp³-hybridized carbons (Fsp3) is 0.250. The number of aromatic hydroxyl groups is 1. The van der Waals surface area contributed by atoms with E-state index in [0.29, 0.717) is 11.6 Å². The van der Waals surface area contributed by atoms with Gasteiger partial charge in [0, 0.05) is 11.6 Å². The SMILES string of the molecule is NCCO.Oc1ccc(Cl)cc1Cl. The Morgan fingerprint density at radius 1 is 1.31 bits per heavy atom. The van der Waals surface area contributed by atoms with E-state index in [1.54, 1.807) is 6.07 Å². The number of aliphatic hydroxyl groups excluding tert-OH is 1. The van der Waals surface area contributed by atoms with Crippen molar-refractivity contribution in [2.24, 2.45) is 5.73 Å². The van der Waals surface area contributed by atoms with Crippen molar-refractivity contribution in [1.29, 1.82) is 0 Å². The van der Waals surface area contributed by atoms with Gasteiger partial charge in [-0.1, -0.05) is 23.2 Å². The molecule has 74 valence electrons. The minimum Gasteiger partial charge on any atom is -0.506 e. The van der Waals surface area contributed by atoms with E-state index in [4.69, 9.17) is 39.1 Å². The van der Waals surface area contributed by atoms with Gasteiger partial charge < -0.3 is 15.9 Å². The Labute approximate surface area is 86.7 Å². The van der Waals surface area contributed by atoms with E-state index in [9.17, 15) is 0 Å². The van der Waals surface area contributed by atoms with Crippen LogP contribution >= 0.6 is 23.2 Å². The van der Waals surface area contributed by atoms with Crippen LogP contribution in [0.5, 0.6) is 5.75 Å². The Hall–Kier alpha value is -0.480. The first-order valence-corrected chi connectivity index (χ1v) is 4.32. The molecule has 0 aliphatic carbocycles. The molecule has 0 atom stereocenters. The fourth-order valence-electron chi connectivity index (χ4n) is 0.481. The minimum absolute atomic E-state index is 0.0565. The van der Waals surface area contributed by atoms with Gasteiger partial charge in [0.15, 0.2) is 0 Å². The van der Waals surface area contributed by atoms with Crippen molar-refractivity contribution in [3.05, 3.63) is 28.2 Å². The van der Waals surface area contributed by atoms with Crippen LogP contribution in [0.4, 0.5) is 0 Å². The molecule has 0 aromatic heterocycles. The Morgan fingerprint density at radius 2 is 1.85 bits per heavy atom. The van der Waals surface area contributed by atoms with Gasteiger partial charge in [-0.2, -0.15) is 0 Å². The summed E-state index contributed by atoms with van der Waals surface area (Å²) in [5.74, 6) is 0.0565. The lowest BCUT2D eigenvalue weighted by molar-refractivity contribution is 0.306. The van der Waals surface area contributed by atoms with Crippen LogP contribution in [0.2, 0.25) is 10.0 Å². The van der Waals surface area contributed by atoms with Gasteiger partial charge in [0.25, 0.3) is 0 Å². The summed E-state index contributed by atoms with van der Waals surface area (Å²) in [5, 5.41) is 17.4. The molecule has 0 spiro atoms. The number of phenols is 1. The van der Waals surface area contributed by atoms with E-state index in [1.807, 2.05) is 0 Å². The fourth-order valence-corrected chi connectivity index (χ4v) is 0.890. The number of phenolic OH excluding ortho intramolecular Hbond substituents is 1. The first-order valence-electron chi connectivity index (χ1n) is 3.56. The molecule has 0 amide bonds. The molecule has 0 saturated carbocycles. The van der Waals surface area contributed by atoms with Crippen LogP contribution in [0.25, 0.3) is 0 Å². The number of hydrogen-bond donors (Lipinski definition) is 3. The van der Waals surface area contributed by atoms with Crippen LogP contribution in [0.1, 0.15) is 0 Å². The highest BCUT2D eigenvalue weighted by atomic mass is 35.5. The summed E-state index contributed by atoms with van der Waals surface area (Å²) in [4.78, 5) is 0. The van der Waals surface area contributed by atoms with Crippen LogP contribution in [-0.4, -0.2) is 23.4 Å². The summed E-state index contributed by atoms with van der Waals surface area (Å²) in [6.45, 7) is 0.472. The molecule has 5 heteroatoms. The van der Waals surface area contributed by atoms with Crippen LogP contribution < -0.4 is 5.73 Å². The maximum atomic E-state index is 8.85. The van der Waals surface area contributed by atoms with Gasteiger partial charge in [-0.05, 0) is 18.2 Å². The second kappa shape index (κ2) is 6.97. The average molecular weight is 224 g/mol. The number of halogens is 2. The molecule has 13 heavy (non-hydrogen) atoms. The second-order valence-corrected chi connectivity index (χ2v) is 2.95. The smallest absolute Gasteiger partial charge is 0.134 e. The van der Waals surface area contributed by atoms with Gasteiger partial charge in [-0.3, -0.25) is 0 Å². The monoisotopic (exact) mass is 223 g/mol. The summed E-state index contributed by atoms with van der Waals surface area (Å²) >= 11 is 11.0. The zero-order valence-electron chi connectivity index (χ0n) is 6.87. The van der Waals surface area contributed by atoms with Crippen LogP contribution in [0.3, 0.4) is 0 Å². The largest absolute Gasteiger partial charge is 0.506 e. The molecule has 1 aromatic carbocycles. The highest BCUT2D eigenvalue weighted by molar-refractivity contribution is 6.35. The van der Waals surface area contributed by atoms with Crippen molar-refractivity contribution in [2.75, 3.05) is 13.2 Å². The van der Waals surface area contributed by atoms with E-state index in [2.05, 4.69) is 0 Å². The van der Waals surface area contributed by atoms with Crippen molar-refractivity contribution in [3.63, 3.8) is 0 Å². The molecule has 1 aromatic rings. The zero-order chi connectivity index (χ0) is 10.3. The summed E-state index contributed by atoms with van der Waals surface area (Å²) in [5.41, 5.74) is 4.78. The predicted octanol–water partition coefficient (Wildman–Crippen LogP) is 1.64. The molecule has 0 heterocycles. The Bertz CT molecular complexity index is 254. The lowest BCUT2D eigenvalue weighted by Crippen LogP contribution is -2.02. The summed E-state index contributed by atoms with van der Waals surface area (Å²) < 4.78 is 0. The van der Waals surface area contributed by atoms with Crippen molar-refractivity contribution >= 4 is 23.2 Å². The van der Waals surface area contributed by atoms with Gasteiger partial charge >= 0.3 is 0 Å². The minimum atomic E-state index is 0.0565. The van der Waals surface area contributed by atoms with Crippen molar-refractivity contribution in [1.82, 2.24) is 0 Å². The van der Waals surface area contributed by atoms with E-state index in [-0.39, 0.29) is 17.4 Å². The molecule has 0 unspecified atom stereocenters. The first-order chi connectivity index (χ1) is 6.11. The van der Waals surface area contributed by atoms with Gasteiger partial charge in [0.2, 0.25) is 0 Å². The van der Waals surface area contributed by atoms with E-state index < -0.39 is 0 Å². The third kappa shape index (κ3) is 5.71. The molecule has 0 bridgehead atoms.